The van der Waals surface area contributed by atoms with E-state index in [0.29, 0.717) is 12.4 Å². The number of alkyl halides is 6. The first-order chi connectivity index (χ1) is 17.9. The summed E-state index contributed by atoms with van der Waals surface area (Å²) < 4.78 is 84.6. The summed E-state index contributed by atoms with van der Waals surface area (Å²) in [6.07, 6.45) is -9.13. The topological polar surface area (TPSA) is 104 Å². The second kappa shape index (κ2) is 10.9. The maximum atomic E-state index is 13.8. The number of aromatic amines is 1. The Morgan fingerprint density at radius 3 is 2.32 bits per heavy atom. The first kappa shape index (κ1) is 27.3. The summed E-state index contributed by atoms with van der Waals surface area (Å²) in [6, 6.07) is 3.93. The molecule has 0 radical (unpaired) electrons. The highest BCUT2D eigenvalue weighted by Crippen LogP contribution is 2.38. The predicted octanol–water partition coefficient (Wildman–Crippen LogP) is 3.48. The quantitative estimate of drug-likeness (QED) is 0.359. The van der Waals surface area contributed by atoms with Gasteiger partial charge in [-0.25, -0.2) is 15.1 Å². The largest absolute Gasteiger partial charge is 0.419 e. The van der Waals surface area contributed by atoms with Gasteiger partial charge in [-0.15, -0.1) is 0 Å². The van der Waals surface area contributed by atoms with Crippen molar-refractivity contribution in [2.75, 3.05) is 37.7 Å². The predicted molar refractivity (Wildman–Crippen MR) is 122 cm³/mol. The highest BCUT2D eigenvalue weighted by atomic mass is 19.4. The summed E-state index contributed by atoms with van der Waals surface area (Å²) in [7, 11) is 0. The highest BCUT2D eigenvalue weighted by Gasteiger charge is 2.42. The molecule has 1 N–H and O–H groups in total. The molecule has 204 valence electrons. The molecule has 1 unspecified atom stereocenters. The molecule has 1 saturated heterocycles. The van der Waals surface area contributed by atoms with Crippen LogP contribution in [0.1, 0.15) is 30.1 Å². The lowest BCUT2D eigenvalue weighted by atomic mass is 10.0. The average Bonchev–Trinajstić information content (AvgIpc) is 2.88. The number of H-pyrrole nitrogens is 1. The average molecular weight is 544 g/mol. The molecular weight excluding hydrogens is 522 g/mol. The summed E-state index contributed by atoms with van der Waals surface area (Å²) in [6.45, 7) is 0.734. The Morgan fingerprint density at radius 1 is 1.00 bits per heavy atom. The van der Waals surface area contributed by atoms with Gasteiger partial charge in [0.2, 0.25) is 11.9 Å². The maximum Gasteiger partial charge on any atom is 0.419 e. The Labute approximate surface area is 211 Å². The Balaban J connectivity index is 1.29. The molecule has 1 atom stereocenters. The van der Waals surface area contributed by atoms with E-state index in [-0.39, 0.29) is 73.8 Å². The number of rotatable bonds is 7. The van der Waals surface area contributed by atoms with Crippen LogP contribution in [0.4, 0.5) is 32.3 Å². The van der Waals surface area contributed by atoms with E-state index < -0.39 is 29.6 Å². The molecule has 9 nitrogen and oxygen atoms in total. The number of hydrogen-bond acceptors (Lipinski definition) is 7. The van der Waals surface area contributed by atoms with Crippen molar-refractivity contribution >= 4 is 22.6 Å². The third-order valence-corrected chi connectivity index (χ3v) is 6.02. The first-order valence-electron chi connectivity index (χ1n) is 11.5. The maximum absolute atomic E-state index is 13.8. The van der Waals surface area contributed by atoms with Crippen molar-refractivity contribution < 1.29 is 35.9 Å². The molecule has 15 heteroatoms. The first-order valence-corrected chi connectivity index (χ1v) is 11.5. The van der Waals surface area contributed by atoms with Crippen molar-refractivity contribution in [3.8, 4) is 0 Å². The minimum atomic E-state index is -4.77. The lowest BCUT2D eigenvalue weighted by Gasteiger charge is -2.34. The van der Waals surface area contributed by atoms with E-state index in [1.165, 1.54) is 23.1 Å². The molecule has 1 aliphatic rings. The van der Waals surface area contributed by atoms with E-state index in [4.69, 9.17) is 4.74 Å². The Hall–Kier alpha value is -3.75. The minimum absolute atomic E-state index is 0.0181. The molecule has 3 heterocycles. The molecule has 1 aromatic carbocycles. The minimum Gasteiger partial charge on any atom is -0.364 e. The van der Waals surface area contributed by atoms with Crippen LogP contribution in [0.2, 0.25) is 0 Å². The Morgan fingerprint density at radius 2 is 1.68 bits per heavy atom. The summed E-state index contributed by atoms with van der Waals surface area (Å²) in [5.74, 6) is -0.173. The van der Waals surface area contributed by atoms with E-state index in [1.807, 2.05) is 0 Å². The number of carbonyl (C=O) groups excluding carboxylic acids is 1. The van der Waals surface area contributed by atoms with E-state index in [1.54, 1.807) is 4.90 Å². The van der Waals surface area contributed by atoms with Gasteiger partial charge in [-0.1, -0.05) is 12.1 Å². The molecule has 38 heavy (non-hydrogen) atoms. The number of nitrogens with one attached hydrogen (secondary N) is 1. The molecule has 0 bridgehead atoms. The highest BCUT2D eigenvalue weighted by molar-refractivity contribution is 5.84. The molecule has 0 aliphatic carbocycles. The van der Waals surface area contributed by atoms with Crippen LogP contribution in [0.3, 0.4) is 0 Å². The van der Waals surface area contributed by atoms with Crippen LogP contribution in [-0.2, 0) is 15.7 Å². The lowest BCUT2D eigenvalue weighted by Crippen LogP contribution is -2.49. The van der Waals surface area contributed by atoms with Crippen LogP contribution in [0.25, 0.3) is 10.8 Å². The number of amides is 1. The third-order valence-electron chi connectivity index (χ3n) is 6.02. The van der Waals surface area contributed by atoms with E-state index in [2.05, 4.69) is 20.2 Å². The summed E-state index contributed by atoms with van der Waals surface area (Å²) in [4.78, 5) is 35.1. The zero-order chi connectivity index (χ0) is 27.5. The normalized spacial score (nSPS) is 15.6. The van der Waals surface area contributed by atoms with Gasteiger partial charge >= 0.3 is 12.4 Å². The van der Waals surface area contributed by atoms with Gasteiger partial charge in [0.25, 0.3) is 5.56 Å². The number of piperazine rings is 1. The van der Waals surface area contributed by atoms with Gasteiger partial charge in [0.05, 0.1) is 17.1 Å². The van der Waals surface area contributed by atoms with Crippen LogP contribution in [-0.4, -0.2) is 69.9 Å². The zero-order valence-electron chi connectivity index (χ0n) is 19.7. The van der Waals surface area contributed by atoms with Crippen LogP contribution in [0.15, 0.2) is 41.6 Å². The van der Waals surface area contributed by atoms with Crippen LogP contribution in [0.5, 0.6) is 0 Å². The molecule has 3 aromatic rings. The molecule has 0 spiro atoms. The number of carbonyl (C=O) groups is 1. The fourth-order valence-electron chi connectivity index (χ4n) is 4.10. The number of anilines is 1. The van der Waals surface area contributed by atoms with Crippen LogP contribution in [0, 0.1) is 0 Å². The summed E-state index contributed by atoms with van der Waals surface area (Å²) in [5.41, 5.74) is -1.83. The number of ether oxygens (including phenoxy) is 1. The van der Waals surface area contributed by atoms with Crippen molar-refractivity contribution in [3.05, 3.63) is 58.3 Å². The SMILES string of the molecule is O=C(CCCOC(c1cccc2c(=O)[nH]ncc12)C(F)(F)F)N1CCN(c2ncc(C(F)(F)F)cn2)CC1. The number of halogens is 6. The van der Waals surface area contributed by atoms with E-state index in [0.717, 1.165) is 6.20 Å². The van der Waals surface area contributed by atoms with Crippen molar-refractivity contribution in [2.45, 2.75) is 31.3 Å². The smallest absolute Gasteiger partial charge is 0.364 e. The molecule has 2 aromatic heterocycles. The number of benzene rings is 1. The van der Waals surface area contributed by atoms with Gasteiger partial charge in [-0.3, -0.25) is 9.59 Å². The van der Waals surface area contributed by atoms with Gasteiger partial charge in [-0.05, 0) is 18.1 Å². The number of nitrogens with zero attached hydrogens (tertiary/aromatic N) is 5. The molecule has 4 rings (SSSR count). The monoisotopic (exact) mass is 544 g/mol. The summed E-state index contributed by atoms with van der Waals surface area (Å²) in [5, 5.41) is 5.82. The van der Waals surface area contributed by atoms with Gasteiger partial charge < -0.3 is 14.5 Å². The van der Waals surface area contributed by atoms with Gasteiger partial charge in [0.1, 0.15) is 0 Å². The lowest BCUT2D eigenvalue weighted by molar-refractivity contribution is -0.223. The van der Waals surface area contributed by atoms with E-state index >= 15 is 0 Å². The van der Waals surface area contributed by atoms with Crippen molar-refractivity contribution in [3.63, 3.8) is 0 Å². The molecular formula is C23H22F6N6O3. The Kier molecular flexibility index (Phi) is 7.85. The second-order valence-corrected chi connectivity index (χ2v) is 8.54. The molecule has 1 amide bonds. The van der Waals surface area contributed by atoms with Crippen LogP contribution < -0.4 is 10.5 Å². The third kappa shape index (κ3) is 6.20. The number of fused-ring (bicyclic) bond motifs is 1. The van der Waals surface area contributed by atoms with Crippen molar-refractivity contribution in [1.29, 1.82) is 0 Å². The van der Waals surface area contributed by atoms with Crippen molar-refractivity contribution in [1.82, 2.24) is 25.1 Å². The van der Waals surface area contributed by atoms with Gasteiger partial charge in [0.15, 0.2) is 6.10 Å². The molecule has 0 saturated carbocycles. The number of hydrogen-bond donors (Lipinski definition) is 1. The fraction of sp³-hybridized carbons (Fsp3) is 0.435. The second-order valence-electron chi connectivity index (χ2n) is 8.54. The molecule has 1 fully saturated rings. The fourth-order valence-corrected chi connectivity index (χ4v) is 4.10. The molecule has 1 aliphatic heterocycles. The van der Waals surface area contributed by atoms with E-state index in [9.17, 15) is 35.9 Å². The van der Waals surface area contributed by atoms with Crippen molar-refractivity contribution in [2.24, 2.45) is 0 Å². The van der Waals surface area contributed by atoms with Gasteiger partial charge in [-0.2, -0.15) is 31.4 Å². The zero-order valence-corrected chi connectivity index (χ0v) is 19.7. The van der Waals surface area contributed by atoms with Gasteiger partial charge in [0, 0.05) is 57.0 Å². The Bertz CT molecular complexity index is 1320. The number of aromatic nitrogens is 4. The van der Waals surface area contributed by atoms with Crippen LogP contribution >= 0.6 is 0 Å². The standard InChI is InChI=1S/C23H22F6N6O3/c24-22(25,26)14-11-30-21(31-12-14)35-8-6-34(7-9-35)18(36)5-2-10-38-19(23(27,28)29)15-3-1-4-16-17(15)13-32-33-20(16)37/h1,3-4,11-13,19H,2,5-10H2,(H,33,37). The summed E-state index contributed by atoms with van der Waals surface area (Å²) >= 11 is 0.